The third-order valence-corrected chi connectivity index (χ3v) is 4.20. The fraction of sp³-hybridized carbons (Fsp3) is 0.333. The Bertz CT molecular complexity index is 589. The molecule has 0 heterocycles. The lowest BCUT2D eigenvalue weighted by molar-refractivity contribution is 0.574. The maximum absolute atomic E-state index is 6.04. The Hall–Kier alpha value is -1.31. The molecule has 0 bridgehead atoms. The van der Waals surface area contributed by atoms with E-state index in [1.807, 2.05) is 18.2 Å². The molecule has 0 aliphatic heterocycles. The molecule has 3 rings (SSSR count). The number of hydrogen-bond donors (Lipinski definition) is 1. The summed E-state index contributed by atoms with van der Waals surface area (Å²) in [5.41, 5.74) is 4.10. The number of rotatable bonds is 5. The molecule has 104 valence electrons. The van der Waals surface area contributed by atoms with Crippen LogP contribution in [-0.4, -0.2) is 0 Å². The molecule has 20 heavy (non-hydrogen) atoms. The van der Waals surface area contributed by atoms with Gasteiger partial charge in [0.15, 0.2) is 0 Å². The zero-order valence-electron chi connectivity index (χ0n) is 11.8. The van der Waals surface area contributed by atoms with Crippen LogP contribution in [0.4, 0.5) is 0 Å². The average Bonchev–Trinajstić information content (AvgIpc) is 3.30. The molecular formula is C18H20ClN. The molecule has 0 spiro atoms. The molecule has 0 amide bonds. The summed E-state index contributed by atoms with van der Waals surface area (Å²) < 4.78 is 0. The van der Waals surface area contributed by atoms with Gasteiger partial charge in [-0.25, -0.2) is 0 Å². The minimum atomic E-state index is 0.304. The molecule has 2 heteroatoms. The Balaban J connectivity index is 1.62. The van der Waals surface area contributed by atoms with Gasteiger partial charge in [-0.3, -0.25) is 0 Å². The standard InChI is InChI=1S/C18H20ClN/c1-13(16-5-3-7-18(19)11-16)20-12-14-4-2-6-17(10-14)15-8-9-15/h2-7,10-11,13,15,20H,8-9,12H2,1H3/t13-/m0/s1. The molecule has 1 saturated carbocycles. The van der Waals surface area contributed by atoms with E-state index >= 15 is 0 Å². The van der Waals surface area contributed by atoms with E-state index < -0.39 is 0 Å². The Morgan fingerprint density at radius 3 is 2.70 bits per heavy atom. The second kappa shape index (κ2) is 5.99. The van der Waals surface area contributed by atoms with Crippen molar-refractivity contribution in [3.63, 3.8) is 0 Å². The first-order valence-corrected chi connectivity index (χ1v) is 7.68. The van der Waals surface area contributed by atoms with E-state index in [0.29, 0.717) is 6.04 Å². The lowest BCUT2D eigenvalue weighted by Crippen LogP contribution is -2.18. The van der Waals surface area contributed by atoms with Gasteiger partial charge in [-0.15, -0.1) is 0 Å². The van der Waals surface area contributed by atoms with E-state index in [9.17, 15) is 0 Å². The molecule has 2 aromatic rings. The molecular weight excluding hydrogens is 266 g/mol. The fourth-order valence-corrected chi connectivity index (χ4v) is 2.74. The van der Waals surface area contributed by atoms with Crippen LogP contribution in [0.5, 0.6) is 0 Å². The highest BCUT2D eigenvalue weighted by Gasteiger charge is 2.23. The zero-order valence-corrected chi connectivity index (χ0v) is 12.5. The lowest BCUT2D eigenvalue weighted by atomic mass is 10.1. The average molecular weight is 286 g/mol. The highest BCUT2D eigenvalue weighted by atomic mass is 35.5. The first kappa shape index (κ1) is 13.7. The van der Waals surface area contributed by atoms with Gasteiger partial charge in [-0.2, -0.15) is 0 Å². The topological polar surface area (TPSA) is 12.0 Å². The van der Waals surface area contributed by atoms with Gasteiger partial charge in [-0.1, -0.05) is 48.0 Å². The van der Waals surface area contributed by atoms with Crippen LogP contribution in [0.1, 0.15) is 48.4 Å². The second-order valence-corrected chi connectivity index (χ2v) is 6.11. The zero-order chi connectivity index (χ0) is 13.9. The maximum atomic E-state index is 6.04. The highest BCUT2D eigenvalue weighted by Crippen LogP contribution is 2.40. The number of benzene rings is 2. The van der Waals surface area contributed by atoms with E-state index in [2.05, 4.69) is 42.6 Å². The lowest BCUT2D eigenvalue weighted by Gasteiger charge is -2.15. The third-order valence-electron chi connectivity index (χ3n) is 3.96. The molecule has 0 saturated heterocycles. The van der Waals surface area contributed by atoms with Crippen molar-refractivity contribution >= 4 is 11.6 Å². The van der Waals surface area contributed by atoms with Crippen LogP contribution in [0, 0.1) is 0 Å². The van der Waals surface area contributed by atoms with Crippen molar-refractivity contribution in [2.75, 3.05) is 0 Å². The van der Waals surface area contributed by atoms with Crippen molar-refractivity contribution in [3.8, 4) is 0 Å². The van der Waals surface area contributed by atoms with Crippen molar-refractivity contribution in [1.29, 1.82) is 0 Å². The molecule has 0 unspecified atom stereocenters. The minimum absolute atomic E-state index is 0.304. The predicted molar refractivity (Wildman–Crippen MR) is 85.1 cm³/mol. The molecule has 1 aliphatic carbocycles. The molecule has 1 N–H and O–H groups in total. The van der Waals surface area contributed by atoms with Crippen LogP contribution in [0.3, 0.4) is 0 Å². The van der Waals surface area contributed by atoms with Crippen LogP contribution < -0.4 is 5.32 Å². The maximum Gasteiger partial charge on any atom is 0.0409 e. The van der Waals surface area contributed by atoms with E-state index in [1.54, 1.807) is 0 Å². The van der Waals surface area contributed by atoms with Crippen LogP contribution in [0.25, 0.3) is 0 Å². The first-order chi connectivity index (χ1) is 9.72. The summed E-state index contributed by atoms with van der Waals surface area (Å²) in [6, 6.07) is 17.3. The molecule has 2 aromatic carbocycles. The molecule has 0 radical (unpaired) electrons. The van der Waals surface area contributed by atoms with Crippen LogP contribution >= 0.6 is 11.6 Å². The molecule has 1 aliphatic rings. The van der Waals surface area contributed by atoms with Gasteiger partial charge in [-0.05, 0) is 54.5 Å². The van der Waals surface area contributed by atoms with Gasteiger partial charge >= 0.3 is 0 Å². The summed E-state index contributed by atoms with van der Waals surface area (Å²) >= 11 is 6.04. The van der Waals surface area contributed by atoms with Gasteiger partial charge in [0, 0.05) is 17.6 Å². The quantitative estimate of drug-likeness (QED) is 0.809. The van der Waals surface area contributed by atoms with Crippen LogP contribution in [0.15, 0.2) is 48.5 Å². The van der Waals surface area contributed by atoms with E-state index in [-0.39, 0.29) is 0 Å². The fourth-order valence-electron chi connectivity index (χ4n) is 2.54. The number of hydrogen-bond acceptors (Lipinski definition) is 1. The summed E-state index contributed by atoms with van der Waals surface area (Å²) in [5, 5.41) is 4.37. The monoisotopic (exact) mass is 285 g/mol. The summed E-state index contributed by atoms with van der Waals surface area (Å²) in [5.74, 6) is 0.820. The van der Waals surface area contributed by atoms with Crippen molar-refractivity contribution in [2.24, 2.45) is 0 Å². The van der Waals surface area contributed by atoms with Gasteiger partial charge in [0.2, 0.25) is 0 Å². The third kappa shape index (κ3) is 3.41. The molecule has 1 fully saturated rings. The van der Waals surface area contributed by atoms with Crippen LogP contribution in [0.2, 0.25) is 5.02 Å². The van der Waals surface area contributed by atoms with E-state index in [0.717, 1.165) is 17.5 Å². The Morgan fingerprint density at radius 1 is 1.15 bits per heavy atom. The molecule has 0 aromatic heterocycles. The van der Waals surface area contributed by atoms with Crippen LogP contribution in [-0.2, 0) is 6.54 Å². The highest BCUT2D eigenvalue weighted by molar-refractivity contribution is 6.30. The Kier molecular flexibility index (Phi) is 4.09. The van der Waals surface area contributed by atoms with Gasteiger partial charge < -0.3 is 5.32 Å². The van der Waals surface area contributed by atoms with Gasteiger partial charge in [0.05, 0.1) is 0 Å². The smallest absolute Gasteiger partial charge is 0.0409 e. The Morgan fingerprint density at radius 2 is 1.95 bits per heavy atom. The van der Waals surface area contributed by atoms with Gasteiger partial charge in [0.1, 0.15) is 0 Å². The Labute approximate surface area is 126 Å². The van der Waals surface area contributed by atoms with Crippen molar-refractivity contribution < 1.29 is 0 Å². The predicted octanol–water partition coefficient (Wildman–Crippen LogP) is 5.07. The first-order valence-electron chi connectivity index (χ1n) is 7.30. The SMILES string of the molecule is C[C@H](NCc1cccc(C2CC2)c1)c1cccc(Cl)c1. The van der Waals surface area contributed by atoms with Gasteiger partial charge in [0.25, 0.3) is 0 Å². The molecule has 1 nitrogen and oxygen atoms in total. The second-order valence-electron chi connectivity index (χ2n) is 5.68. The summed E-state index contributed by atoms with van der Waals surface area (Å²) in [6.07, 6.45) is 2.71. The minimum Gasteiger partial charge on any atom is -0.306 e. The van der Waals surface area contributed by atoms with E-state index in [4.69, 9.17) is 11.6 Å². The number of nitrogens with one attached hydrogen (secondary N) is 1. The normalized spacial score (nSPS) is 16.1. The number of halogens is 1. The van der Waals surface area contributed by atoms with E-state index in [1.165, 1.54) is 29.5 Å². The summed E-state index contributed by atoms with van der Waals surface area (Å²) in [4.78, 5) is 0. The summed E-state index contributed by atoms with van der Waals surface area (Å²) in [6.45, 7) is 3.07. The largest absolute Gasteiger partial charge is 0.306 e. The van der Waals surface area contributed by atoms with Crippen molar-refractivity contribution in [1.82, 2.24) is 5.32 Å². The van der Waals surface area contributed by atoms with Crippen molar-refractivity contribution in [2.45, 2.75) is 38.3 Å². The molecule has 1 atom stereocenters. The summed E-state index contributed by atoms with van der Waals surface area (Å²) in [7, 11) is 0. The van der Waals surface area contributed by atoms with Crippen molar-refractivity contribution in [3.05, 3.63) is 70.2 Å².